The number of fused-ring (bicyclic) bond motifs is 2. The fourth-order valence-electron chi connectivity index (χ4n) is 3.67. The number of nitrogens with zero attached hydrogens (tertiary/aromatic N) is 1. The molecular weight excluding hydrogens is 336 g/mol. The minimum Gasteiger partial charge on any atom is -0.371 e. The highest BCUT2D eigenvalue weighted by Gasteiger charge is 2.22. The van der Waals surface area contributed by atoms with E-state index in [9.17, 15) is 4.79 Å². The van der Waals surface area contributed by atoms with Crippen molar-refractivity contribution < 1.29 is 9.53 Å². The van der Waals surface area contributed by atoms with Crippen LogP contribution in [0.2, 0.25) is 0 Å². The van der Waals surface area contributed by atoms with Crippen LogP contribution in [0, 0.1) is 0 Å². The number of nitrogens with one attached hydrogen (secondary N) is 1. The Morgan fingerprint density at radius 1 is 1.04 bits per heavy atom. The molecule has 4 rings (SSSR count). The van der Waals surface area contributed by atoms with Crippen molar-refractivity contribution in [1.29, 1.82) is 0 Å². The number of hydrogen-bond donors (Lipinski definition) is 1. The molecule has 138 valence electrons. The Kier molecular flexibility index (Phi) is 5.07. The SMILES string of the molecule is CN(CC1Cc2ccccc2CO1)C(=O)NCc1cccc2ccccc12. The summed E-state index contributed by atoms with van der Waals surface area (Å²) in [7, 11) is 1.82. The second-order valence-electron chi connectivity index (χ2n) is 7.08. The maximum Gasteiger partial charge on any atom is 0.317 e. The predicted molar refractivity (Wildman–Crippen MR) is 108 cm³/mol. The lowest BCUT2D eigenvalue weighted by atomic mass is 9.99. The van der Waals surface area contributed by atoms with Crippen molar-refractivity contribution >= 4 is 16.8 Å². The van der Waals surface area contributed by atoms with E-state index >= 15 is 0 Å². The Morgan fingerprint density at radius 2 is 1.78 bits per heavy atom. The molecule has 1 heterocycles. The number of carbonyl (C=O) groups is 1. The van der Waals surface area contributed by atoms with E-state index in [1.807, 2.05) is 31.3 Å². The van der Waals surface area contributed by atoms with E-state index < -0.39 is 0 Å². The number of amides is 2. The third-order valence-corrected chi connectivity index (χ3v) is 5.17. The summed E-state index contributed by atoms with van der Waals surface area (Å²) in [4.78, 5) is 14.2. The van der Waals surface area contributed by atoms with Gasteiger partial charge in [-0.15, -0.1) is 0 Å². The molecule has 0 aliphatic carbocycles. The van der Waals surface area contributed by atoms with E-state index in [0.29, 0.717) is 19.7 Å². The van der Waals surface area contributed by atoms with Gasteiger partial charge in [0, 0.05) is 26.6 Å². The molecule has 4 nitrogen and oxygen atoms in total. The van der Waals surface area contributed by atoms with Gasteiger partial charge in [-0.25, -0.2) is 4.79 Å². The maximum absolute atomic E-state index is 12.5. The highest BCUT2D eigenvalue weighted by molar-refractivity contribution is 5.86. The molecule has 2 amide bonds. The Labute approximate surface area is 159 Å². The van der Waals surface area contributed by atoms with Crippen LogP contribution >= 0.6 is 0 Å². The Hall–Kier alpha value is -2.85. The number of hydrogen-bond acceptors (Lipinski definition) is 2. The molecule has 1 atom stereocenters. The average molecular weight is 360 g/mol. The summed E-state index contributed by atoms with van der Waals surface area (Å²) >= 11 is 0. The normalized spacial score (nSPS) is 16.0. The first kappa shape index (κ1) is 17.6. The first-order valence-electron chi connectivity index (χ1n) is 9.34. The summed E-state index contributed by atoms with van der Waals surface area (Å²) in [6.45, 7) is 1.71. The molecule has 1 N–H and O–H groups in total. The van der Waals surface area contributed by atoms with Gasteiger partial charge >= 0.3 is 6.03 Å². The molecule has 3 aromatic rings. The van der Waals surface area contributed by atoms with Crippen LogP contribution in [0.1, 0.15) is 16.7 Å². The zero-order valence-corrected chi connectivity index (χ0v) is 15.5. The molecule has 1 unspecified atom stereocenters. The van der Waals surface area contributed by atoms with Crippen molar-refractivity contribution in [1.82, 2.24) is 10.2 Å². The number of benzene rings is 3. The highest BCUT2D eigenvalue weighted by Crippen LogP contribution is 2.21. The van der Waals surface area contributed by atoms with Gasteiger partial charge in [-0.05, 0) is 27.5 Å². The van der Waals surface area contributed by atoms with Gasteiger partial charge in [0.2, 0.25) is 0 Å². The lowest BCUT2D eigenvalue weighted by Gasteiger charge is -2.29. The quantitative estimate of drug-likeness (QED) is 0.760. The van der Waals surface area contributed by atoms with Gasteiger partial charge in [0.1, 0.15) is 0 Å². The molecule has 0 saturated heterocycles. The summed E-state index contributed by atoms with van der Waals surface area (Å²) in [6, 6.07) is 22.7. The molecular formula is C23H24N2O2. The maximum atomic E-state index is 12.5. The lowest BCUT2D eigenvalue weighted by molar-refractivity contribution is 0.0150. The Balaban J connectivity index is 1.34. The fraction of sp³-hybridized carbons (Fsp3) is 0.261. The number of likely N-dealkylation sites (N-methyl/N-ethyl adjacent to an activating group) is 1. The largest absolute Gasteiger partial charge is 0.371 e. The van der Waals surface area contributed by atoms with Gasteiger partial charge in [0.05, 0.1) is 12.7 Å². The lowest BCUT2D eigenvalue weighted by Crippen LogP contribution is -2.43. The Bertz CT molecular complexity index is 949. The van der Waals surface area contributed by atoms with Crippen LogP contribution in [0.15, 0.2) is 66.7 Å². The van der Waals surface area contributed by atoms with Crippen LogP contribution in [0.5, 0.6) is 0 Å². The molecule has 1 aliphatic rings. The highest BCUT2D eigenvalue weighted by atomic mass is 16.5. The second kappa shape index (κ2) is 7.80. The van der Waals surface area contributed by atoms with Gasteiger partial charge in [0.15, 0.2) is 0 Å². The van der Waals surface area contributed by atoms with Crippen molar-refractivity contribution in [3.63, 3.8) is 0 Å². The standard InChI is InChI=1S/C23H24N2O2/c1-25(15-21-13-18-8-2-3-9-20(18)16-27-21)23(26)24-14-19-11-6-10-17-7-4-5-12-22(17)19/h2-12,21H,13-16H2,1H3,(H,24,26). The van der Waals surface area contributed by atoms with Crippen molar-refractivity contribution in [2.45, 2.75) is 25.7 Å². The molecule has 27 heavy (non-hydrogen) atoms. The summed E-state index contributed by atoms with van der Waals surface area (Å²) in [5.74, 6) is 0. The molecule has 0 fully saturated rings. The first-order valence-corrected chi connectivity index (χ1v) is 9.34. The van der Waals surface area contributed by atoms with Crippen molar-refractivity contribution in [3.8, 4) is 0 Å². The molecule has 3 aromatic carbocycles. The second-order valence-corrected chi connectivity index (χ2v) is 7.08. The summed E-state index contributed by atoms with van der Waals surface area (Å²) in [5, 5.41) is 5.39. The topological polar surface area (TPSA) is 41.6 Å². The van der Waals surface area contributed by atoms with E-state index in [1.54, 1.807) is 4.90 Å². The minimum atomic E-state index is -0.0783. The molecule has 0 saturated carbocycles. The fourth-order valence-corrected chi connectivity index (χ4v) is 3.67. The number of ether oxygens (including phenoxy) is 1. The van der Waals surface area contributed by atoms with Crippen molar-refractivity contribution in [2.24, 2.45) is 0 Å². The van der Waals surface area contributed by atoms with Crippen LogP contribution in [0.3, 0.4) is 0 Å². The van der Waals surface area contributed by atoms with Crippen LogP contribution in [0.25, 0.3) is 10.8 Å². The predicted octanol–water partition coefficient (Wildman–Crippen LogP) is 4.12. The van der Waals surface area contributed by atoms with Crippen molar-refractivity contribution in [2.75, 3.05) is 13.6 Å². The number of rotatable bonds is 4. The molecule has 0 bridgehead atoms. The molecule has 0 radical (unpaired) electrons. The van der Waals surface area contributed by atoms with E-state index in [0.717, 1.165) is 12.0 Å². The van der Waals surface area contributed by atoms with Gasteiger partial charge < -0.3 is 15.0 Å². The number of carbonyl (C=O) groups excluding carboxylic acids is 1. The first-order chi connectivity index (χ1) is 13.2. The third-order valence-electron chi connectivity index (χ3n) is 5.17. The molecule has 0 spiro atoms. The summed E-state index contributed by atoms with van der Waals surface area (Å²) in [5.41, 5.74) is 3.69. The van der Waals surface area contributed by atoms with E-state index in [4.69, 9.17) is 4.74 Å². The summed E-state index contributed by atoms with van der Waals surface area (Å²) < 4.78 is 5.92. The molecule has 0 aromatic heterocycles. The van der Waals surface area contributed by atoms with Gasteiger partial charge in [-0.3, -0.25) is 0 Å². The van der Waals surface area contributed by atoms with Gasteiger partial charge in [-0.1, -0.05) is 66.7 Å². The van der Waals surface area contributed by atoms with Crippen LogP contribution in [-0.2, 0) is 24.3 Å². The van der Waals surface area contributed by atoms with Crippen molar-refractivity contribution in [3.05, 3.63) is 83.4 Å². The van der Waals surface area contributed by atoms with Crippen LogP contribution in [-0.4, -0.2) is 30.6 Å². The third kappa shape index (κ3) is 3.96. The molecule has 1 aliphatic heterocycles. The zero-order chi connectivity index (χ0) is 18.6. The van der Waals surface area contributed by atoms with Gasteiger partial charge in [-0.2, -0.15) is 0 Å². The number of urea groups is 1. The zero-order valence-electron chi connectivity index (χ0n) is 15.5. The van der Waals surface area contributed by atoms with E-state index in [-0.39, 0.29) is 12.1 Å². The van der Waals surface area contributed by atoms with E-state index in [2.05, 4.69) is 47.8 Å². The average Bonchev–Trinajstić information content (AvgIpc) is 2.71. The van der Waals surface area contributed by atoms with Crippen LogP contribution in [0.4, 0.5) is 4.79 Å². The summed E-state index contributed by atoms with van der Waals surface area (Å²) in [6.07, 6.45) is 0.880. The minimum absolute atomic E-state index is 0.0354. The van der Waals surface area contributed by atoms with Crippen LogP contribution < -0.4 is 5.32 Å². The molecule has 4 heteroatoms. The Morgan fingerprint density at radius 3 is 2.67 bits per heavy atom. The van der Waals surface area contributed by atoms with E-state index in [1.165, 1.54) is 21.9 Å². The monoisotopic (exact) mass is 360 g/mol. The van der Waals surface area contributed by atoms with Gasteiger partial charge in [0.25, 0.3) is 0 Å². The smallest absolute Gasteiger partial charge is 0.317 e.